The van der Waals surface area contributed by atoms with E-state index in [9.17, 15) is 18.0 Å². The van der Waals surface area contributed by atoms with Gasteiger partial charge in [0.05, 0.1) is 5.02 Å². The molecule has 0 N–H and O–H groups in total. The van der Waals surface area contributed by atoms with Crippen LogP contribution >= 0.6 is 11.6 Å². The number of benzene rings is 2. The Morgan fingerprint density at radius 3 is 2.24 bits per heavy atom. The highest BCUT2D eigenvalue weighted by Gasteiger charge is 2.31. The molecule has 0 radical (unpaired) electrons. The van der Waals surface area contributed by atoms with Crippen molar-refractivity contribution >= 4 is 17.4 Å². The highest BCUT2D eigenvalue weighted by atomic mass is 35.5. The Kier molecular flexibility index (Phi) is 4.23. The number of hydrogen-bond donors (Lipinski definition) is 0. The standard InChI is InChI=1S/C15H10ClF3O2/c1-9(20)14-12(3-2-4-13(14)16)10-5-7-11(8-6-10)21-15(17,18)19/h2-8H,1H3. The van der Waals surface area contributed by atoms with Crippen LogP contribution in [0.4, 0.5) is 13.2 Å². The molecule has 0 saturated heterocycles. The molecule has 2 rings (SSSR count). The first-order valence-electron chi connectivity index (χ1n) is 5.93. The average molecular weight is 315 g/mol. The lowest BCUT2D eigenvalue weighted by molar-refractivity contribution is -0.274. The van der Waals surface area contributed by atoms with E-state index in [2.05, 4.69) is 4.74 Å². The highest BCUT2D eigenvalue weighted by Crippen LogP contribution is 2.31. The normalized spacial score (nSPS) is 11.3. The number of ether oxygens (including phenoxy) is 1. The van der Waals surface area contributed by atoms with Crippen LogP contribution in [-0.2, 0) is 0 Å². The maximum atomic E-state index is 12.1. The van der Waals surface area contributed by atoms with Crippen molar-refractivity contribution in [3.63, 3.8) is 0 Å². The molecule has 0 saturated carbocycles. The summed E-state index contributed by atoms with van der Waals surface area (Å²) in [6.45, 7) is 1.38. The minimum Gasteiger partial charge on any atom is -0.406 e. The molecule has 110 valence electrons. The SMILES string of the molecule is CC(=O)c1c(Cl)cccc1-c1ccc(OC(F)(F)F)cc1. The van der Waals surface area contributed by atoms with Gasteiger partial charge in [0.1, 0.15) is 5.75 Å². The minimum atomic E-state index is -4.73. The summed E-state index contributed by atoms with van der Waals surface area (Å²) < 4.78 is 40.1. The van der Waals surface area contributed by atoms with Crippen LogP contribution in [0.2, 0.25) is 5.02 Å². The smallest absolute Gasteiger partial charge is 0.406 e. The zero-order valence-electron chi connectivity index (χ0n) is 10.9. The molecule has 6 heteroatoms. The molecule has 0 aliphatic rings. The fourth-order valence-electron chi connectivity index (χ4n) is 1.96. The lowest BCUT2D eigenvalue weighted by atomic mass is 9.97. The number of alkyl halides is 3. The van der Waals surface area contributed by atoms with Crippen LogP contribution in [0.3, 0.4) is 0 Å². The Labute approximate surface area is 124 Å². The molecule has 0 amide bonds. The number of hydrogen-bond acceptors (Lipinski definition) is 2. The molecule has 0 spiro atoms. The van der Waals surface area contributed by atoms with Crippen molar-refractivity contribution in [2.75, 3.05) is 0 Å². The van der Waals surface area contributed by atoms with Crippen LogP contribution in [0.5, 0.6) is 5.75 Å². The van der Waals surface area contributed by atoms with Crippen LogP contribution < -0.4 is 4.74 Å². The third-order valence-electron chi connectivity index (χ3n) is 2.76. The second kappa shape index (κ2) is 5.77. The minimum absolute atomic E-state index is 0.216. The third-order valence-corrected chi connectivity index (χ3v) is 3.08. The molecule has 2 aromatic carbocycles. The molecular weight excluding hydrogens is 305 g/mol. The molecule has 0 unspecified atom stereocenters. The van der Waals surface area contributed by atoms with E-state index in [1.807, 2.05) is 0 Å². The molecule has 0 atom stereocenters. The zero-order chi connectivity index (χ0) is 15.6. The molecule has 2 aromatic rings. The first-order chi connectivity index (χ1) is 9.78. The zero-order valence-corrected chi connectivity index (χ0v) is 11.6. The van der Waals surface area contributed by atoms with Gasteiger partial charge in [-0.25, -0.2) is 0 Å². The van der Waals surface area contributed by atoms with Gasteiger partial charge in [0.25, 0.3) is 0 Å². The molecule has 0 aromatic heterocycles. The summed E-state index contributed by atoms with van der Waals surface area (Å²) in [5, 5.41) is 0.301. The van der Waals surface area contributed by atoms with E-state index in [4.69, 9.17) is 11.6 Å². The molecule has 0 aliphatic carbocycles. The van der Waals surface area contributed by atoms with Gasteiger partial charge in [-0.05, 0) is 36.2 Å². The van der Waals surface area contributed by atoms with Crippen LogP contribution in [0.25, 0.3) is 11.1 Å². The molecule has 0 fully saturated rings. The summed E-state index contributed by atoms with van der Waals surface area (Å²) in [5.41, 5.74) is 1.48. The Morgan fingerprint density at radius 1 is 1.10 bits per heavy atom. The molecule has 2 nitrogen and oxygen atoms in total. The summed E-state index contributed by atoms with van der Waals surface area (Å²) in [5.74, 6) is -0.538. The molecule has 0 bridgehead atoms. The summed E-state index contributed by atoms with van der Waals surface area (Å²) in [4.78, 5) is 11.7. The van der Waals surface area contributed by atoms with Crippen LogP contribution in [0, 0.1) is 0 Å². The number of carbonyl (C=O) groups excluding carboxylic acids is 1. The Balaban J connectivity index is 2.40. The van der Waals surface area contributed by atoms with E-state index < -0.39 is 6.36 Å². The predicted molar refractivity (Wildman–Crippen MR) is 73.6 cm³/mol. The van der Waals surface area contributed by atoms with E-state index in [0.29, 0.717) is 21.7 Å². The lowest BCUT2D eigenvalue weighted by Gasteiger charge is -2.11. The average Bonchev–Trinajstić information content (AvgIpc) is 2.37. The van der Waals surface area contributed by atoms with E-state index in [-0.39, 0.29) is 11.5 Å². The van der Waals surface area contributed by atoms with Crippen LogP contribution in [0.1, 0.15) is 17.3 Å². The van der Waals surface area contributed by atoms with Gasteiger partial charge in [0.15, 0.2) is 5.78 Å². The van der Waals surface area contributed by atoms with E-state index >= 15 is 0 Å². The van der Waals surface area contributed by atoms with Crippen molar-refractivity contribution < 1.29 is 22.7 Å². The third kappa shape index (κ3) is 3.76. The van der Waals surface area contributed by atoms with Crippen molar-refractivity contribution in [1.82, 2.24) is 0 Å². The molecule has 21 heavy (non-hydrogen) atoms. The maximum Gasteiger partial charge on any atom is 0.573 e. The quantitative estimate of drug-likeness (QED) is 0.736. The first-order valence-corrected chi connectivity index (χ1v) is 6.31. The predicted octanol–water partition coefficient (Wildman–Crippen LogP) is 5.11. The topological polar surface area (TPSA) is 26.3 Å². The lowest BCUT2D eigenvalue weighted by Crippen LogP contribution is -2.16. The fraction of sp³-hybridized carbons (Fsp3) is 0.133. The van der Waals surface area contributed by atoms with E-state index in [1.165, 1.54) is 31.2 Å². The van der Waals surface area contributed by atoms with Gasteiger partial charge in [-0.1, -0.05) is 35.9 Å². The van der Waals surface area contributed by atoms with Crippen molar-refractivity contribution in [2.45, 2.75) is 13.3 Å². The van der Waals surface area contributed by atoms with Crippen molar-refractivity contribution in [3.8, 4) is 16.9 Å². The second-order valence-corrected chi connectivity index (χ2v) is 4.70. The number of halogens is 4. The van der Waals surface area contributed by atoms with Gasteiger partial charge in [-0.15, -0.1) is 13.2 Å². The van der Waals surface area contributed by atoms with Gasteiger partial charge in [-0.2, -0.15) is 0 Å². The van der Waals surface area contributed by atoms with Gasteiger partial charge in [-0.3, -0.25) is 4.79 Å². The Morgan fingerprint density at radius 2 is 1.71 bits per heavy atom. The molecular formula is C15H10ClF3O2. The van der Waals surface area contributed by atoms with E-state index in [0.717, 1.165) is 0 Å². The Bertz CT molecular complexity index is 664. The van der Waals surface area contributed by atoms with Crippen LogP contribution in [-0.4, -0.2) is 12.1 Å². The van der Waals surface area contributed by atoms with Crippen LogP contribution in [0.15, 0.2) is 42.5 Å². The molecule has 0 heterocycles. The monoisotopic (exact) mass is 314 g/mol. The van der Waals surface area contributed by atoms with Gasteiger partial charge >= 0.3 is 6.36 Å². The fourth-order valence-corrected chi connectivity index (χ4v) is 2.27. The highest BCUT2D eigenvalue weighted by molar-refractivity contribution is 6.34. The van der Waals surface area contributed by atoms with Crippen molar-refractivity contribution in [3.05, 3.63) is 53.1 Å². The van der Waals surface area contributed by atoms with Gasteiger partial charge in [0, 0.05) is 5.56 Å². The first kappa shape index (κ1) is 15.4. The summed E-state index contributed by atoms with van der Waals surface area (Å²) in [6, 6.07) is 10.2. The second-order valence-electron chi connectivity index (χ2n) is 4.29. The number of Topliss-reactive ketones (excluding diaryl/α,β-unsaturated/α-hetero) is 1. The number of rotatable bonds is 3. The van der Waals surface area contributed by atoms with Gasteiger partial charge in [0.2, 0.25) is 0 Å². The summed E-state index contributed by atoms with van der Waals surface area (Å²) in [7, 11) is 0. The largest absolute Gasteiger partial charge is 0.573 e. The van der Waals surface area contributed by atoms with Crippen molar-refractivity contribution in [1.29, 1.82) is 0 Å². The van der Waals surface area contributed by atoms with Gasteiger partial charge < -0.3 is 4.74 Å². The summed E-state index contributed by atoms with van der Waals surface area (Å²) >= 11 is 6.00. The molecule has 0 aliphatic heterocycles. The summed E-state index contributed by atoms with van der Waals surface area (Å²) in [6.07, 6.45) is -4.73. The van der Waals surface area contributed by atoms with Crippen molar-refractivity contribution in [2.24, 2.45) is 0 Å². The van der Waals surface area contributed by atoms with E-state index in [1.54, 1.807) is 18.2 Å². The number of ketones is 1. The Hall–Kier alpha value is -2.01. The maximum absolute atomic E-state index is 12.1. The number of carbonyl (C=O) groups is 1.